The monoisotopic (exact) mass is 489 g/mol. The Labute approximate surface area is 200 Å². The second kappa shape index (κ2) is 11.4. The fourth-order valence-corrected chi connectivity index (χ4v) is 6.01. The van der Waals surface area contributed by atoms with Crippen molar-refractivity contribution >= 4 is 15.9 Å². The maximum Gasteiger partial charge on any atom is 0.243 e. The first-order valence-corrected chi connectivity index (χ1v) is 13.3. The zero-order valence-corrected chi connectivity index (χ0v) is 20.1. The van der Waals surface area contributed by atoms with Crippen LogP contribution in [0, 0.1) is 5.82 Å². The van der Waals surface area contributed by atoms with Gasteiger partial charge in [0.2, 0.25) is 15.9 Å². The van der Waals surface area contributed by atoms with Crippen LogP contribution in [0.25, 0.3) is 0 Å². The van der Waals surface area contributed by atoms with Gasteiger partial charge in [-0.25, -0.2) is 12.8 Å². The van der Waals surface area contributed by atoms with E-state index in [0.717, 1.165) is 37.1 Å². The smallest absolute Gasteiger partial charge is 0.243 e. The lowest BCUT2D eigenvalue weighted by molar-refractivity contribution is -0.121. The molecule has 0 spiro atoms. The first kappa shape index (κ1) is 24.8. The fraction of sp³-hybridized carbons (Fsp3) is 0.480. The van der Waals surface area contributed by atoms with Gasteiger partial charge < -0.3 is 10.1 Å². The highest BCUT2D eigenvalue weighted by Gasteiger charge is 2.27. The molecule has 2 aliphatic rings. The number of benzene rings is 2. The van der Waals surface area contributed by atoms with E-state index in [0.29, 0.717) is 50.6 Å². The largest absolute Gasteiger partial charge is 0.379 e. The Morgan fingerprint density at radius 1 is 0.971 bits per heavy atom. The summed E-state index contributed by atoms with van der Waals surface area (Å²) in [6.45, 7) is 4.36. The Bertz CT molecular complexity index is 1050. The summed E-state index contributed by atoms with van der Waals surface area (Å²) in [5.74, 6) is -0.359. The van der Waals surface area contributed by atoms with Crippen molar-refractivity contribution in [1.29, 1.82) is 0 Å². The number of aryl methyl sites for hydroxylation is 1. The van der Waals surface area contributed by atoms with Crippen molar-refractivity contribution in [3.63, 3.8) is 0 Å². The summed E-state index contributed by atoms with van der Waals surface area (Å²) in [5, 5.41) is 3.02. The lowest BCUT2D eigenvalue weighted by Crippen LogP contribution is -2.43. The van der Waals surface area contributed by atoms with E-state index in [9.17, 15) is 17.6 Å². The average molecular weight is 490 g/mol. The van der Waals surface area contributed by atoms with Crippen LogP contribution in [0.2, 0.25) is 0 Å². The van der Waals surface area contributed by atoms with Crippen LogP contribution in [0.3, 0.4) is 0 Å². The summed E-state index contributed by atoms with van der Waals surface area (Å²) in [5.41, 5.74) is 1.87. The predicted molar refractivity (Wildman–Crippen MR) is 127 cm³/mol. The van der Waals surface area contributed by atoms with Gasteiger partial charge in [-0.2, -0.15) is 4.31 Å². The molecule has 184 valence electrons. The van der Waals surface area contributed by atoms with Crippen LogP contribution < -0.4 is 5.32 Å². The van der Waals surface area contributed by atoms with Crippen molar-refractivity contribution < 1.29 is 22.3 Å². The number of ether oxygens (including phenoxy) is 1. The molecule has 1 amide bonds. The molecule has 2 heterocycles. The number of carbonyl (C=O) groups excluding carboxylic acids is 1. The Balaban J connectivity index is 1.31. The minimum absolute atomic E-state index is 0.0523. The van der Waals surface area contributed by atoms with Crippen LogP contribution >= 0.6 is 0 Å². The number of morpholine rings is 1. The SMILES string of the molecule is O=C(CCc1ccc(S(=O)(=O)N2CCCC2)cc1)NCC(c1ccc(F)cc1)N1CCOCC1. The molecule has 1 atom stereocenters. The molecule has 34 heavy (non-hydrogen) atoms. The Morgan fingerprint density at radius 3 is 2.26 bits per heavy atom. The van der Waals surface area contributed by atoms with Crippen LogP contribution in [-0.4, -0.2) is 69.5 Å². The van der Waals surface area contributed by atoms with E-state index in [1.165, 1.54) is 16.4 Å². The van der Waals surface area contributed by atoms with E-state index in [2.05, 4.69) is 10.2 Å². The molecule has 2 aromatic carbocycles. The summed E-state index contributed by atoms with van der Waals surface area (Å²) in [7, 11) is -3.43. The minimum atomic E-state index is -3.43. The number of hydrogen-bond acceptors (Lipinski definition) is 5. The quantitative estimate of drug-likeness (QED) is 0.586. The summed E-state index contributed by atoms with van der Waals surface area (Å²) in [6, 6.07) is 13.2. The first-order valence-electron chi connectivity index (χ1n) is 11.9. The van der Waals surface area contributed by atoms with Gasteiger partial charge >= 0.3 is 0 Å². The predicted octanol–water partition coefficient (Wildman–Crippen LogP) is 2.73. The number of halogens is 1. The summed E-state index contributed by atoms with van der Waals surface area (Å²) < 4.78 is 45.7. The van der Waals surface area contributed by atoms with Gasteiger partial charge in [-0.15, -0.1) is 0 Å². The van der Waals surface area contributed by atoms with E-state index in [4.69, 9.17) is 4.74 Å². The number of hydrogen-bond donors (Lipinski definition) is 1. The zero-order valence-electron chi connectivity index (χ0n) is 19.3. The molecule has 0 aliphatic carbocycles. The van der Waals surface area contributed by atoms with E-state index >= 15 is 0 Å². The summed E-state index contributed by atoms with van der Waals surface area (Å²) in [6.07, 6.45) is 2.63. The number of nitrogens with one attached hydrogen (secondary N) is 1. The molecule has 4 rings (SSSR count). The molecule has 2 aliphatic heterocycles. The third-order valence-electron chi connectivity index (χ3n) is 6.50. The molecule has 0 bridgehead atoms. The van der Waals surface area contributed by atoms with Gasteiger partial charge in [-0.1, -0.05) is 24.3 Å². The Hall–Kier alpha value is -2.33. The first-order chi connectivity index (χ1) is 16.4. The Kier molecular flexibility index (Phi) is 8.31. The highest BCUT2D eigenvalue weighted by Crippen LogP contribution is 2.23. The van der Waals surface area contributed by atoms with Crippen molar-refractivity contribution in [1.82, 2.24) is 14.5 Å². The average Bonchev–Trinajstić information content (AvgIpc) is 3.41. The molecular formula is C25H32FN3O4S. The lowest BCUT2D eigenvalue weighted by atomic mass is 10.0. The van der Waals surface area contributed by atoms with Crippen molar-refractivity contribution in [3.8, 4) is 0 Å². The van der Waals surface area contributed by atoms with Gasteiger partial charge in [0.1, 0.15) is 5.82 Å². The second-order valence-corrected chi connectivity index (χ2v) is 10.7. The molecule has 1 N–H and O–H groups in total. The van der Waals surface area contributed by atoms with Crippen LogP contribution in [0.5, 0.6) is 0 Å². The summed E-state index contributed by atoms with van der Waals surface area (Å²) in [4.78, 5) is 15.1. The van der Waals surface area contributed by atoms with E-state index in [-0.39, 0.29) is 17.8 Å². The maximum absolute atomic E-state index is 13.4. The number of carbonyl (C=O) groups is 1. The van der Waals surface area contributed by atoms with Gasteiger partial charge in [0.05, 0.1) is 24.2 Å². The standard InChI is InChI=1S/C25H32FN3O4S/c26-22-8-6-21(7-9-22)24(28-15-17-33-18-16-28)19-27-25(30)12-5-20-3-10-23(11-4-20)34(31,32)29-13-1-2-14-29/h3-4,6-11,24H,1-2,5,12-19H2,(H,27,30). The lowest BCUT2D eigenvalue weighted by Gasteiger charge is -2.35. The van der Waals surface area contributed by atoms with E-state index < -0.39 is 10.0 Å². The van der Waals surface area contributed by atoms with Crippen molar-refractivity contribution in [2.75, 3.05) is 45.9 Å². The normalized spacial score (nSPS) is 18.6. The number of rotatable bonds is 9. The van der Waals surface area contributed by atoms with Crippen LogP contribution in [0.4, 0.5) is 4.39 Å². The van der Waals surface area contributed by atoms with Crippen LogP contribution in [0.15, 0.2) is 53.4 Å². The molecule has 2 fully saturated rings. The fourth-order valence-electron chi connectivity index (χ4n) is 4.49. The van der Waals surface area contributed by atoms with Crippen molar-refractivity contribution in [3.05, 3.63) is 65.5 Å². The van der Waals surface area contributed by atoms with Gasteiger partial charge in [0.25, 0.3) is 0 Å². The van der Waals surface area contributed by atoms with Gasteiger partial charge in [-0.3, -0.25) is 9.69 Å². The van der Waals surface area contributed by atoms with Crippen molar-refractivity contribution in [2.24, 2.45) is 0 Å². The second-order valence-electron chi connectivity index (χ2n) is 8.77. The topological polar surface area (TPSA) is 79.0 Å². The van der Waals surface area contributed by atoms with E-state index in [1.807, 2.05) is 0 Å². The number of nitrogens with zero attached hydrogens (tertiary/aromatic N) is 2. The molecule has 2 saturated heterocycles. The van der Waals surface area contributed by atoms with Gasteiger partial charge in [0.15, 0.2) is 0 Å². The summed E-state index contributed by atoms with van der Waals surface area (Å²) >= 11 is 0. The molecule has 0 saturated carbocycles. The van der Waals surface area contributed by atoms with Crippen LogP contribution in [0.1, 0.15) is 36.4 Å². The number of amides is 1. The van der Waals surface area contributed by atoms with Gasteiger partial charge in [-0.05, 0) is 54.7 Å². The van der Waals surface area contributed by atoms with Crippen LogP contribution in [-0.2, 0) is 26.0 Å². The molecule has 7 nitrogen and oxygen atoms in total. The van der Waals surface area contributed by atoms with Crippen molar-refractivity contribution in [2.45, 2.75) is 36.6 Å². The van der Waals surface area contributed by atoms with Gasteiger partial charge in [0, 0.05) is 39.1 Å². The number of sulfonamides is 1. The molecule has 1 unspecified atom stereocenters. The maximum atomic E-state index is 13.4. The highest BCUT2D eigenvalue weighted by atomic mass is 32.2. The molecular weight excluding hydrogens is 457 g/mol. The third kappa shape index (κ3) is 6.21. The minimum Gasteiger partial charge on any atom is -0.379 e. The molecule has 0 radical (unpaired) electrons. The molecule has 9 heteroatoms. The molecule has 0 aromatic heterocycles. The Morgan fingerprint density at radius 2 is 1.62 bits per heavy atom. The third-order valence-corrected chi connectivity index (χ3v) is 8.41. The highest BCUT2D eigenvalue weighted by molar-refractivity contribution is 7.89. The van der Waals surface area contributed by atoms with E-state index in [1.54, 1.807) is 36.4 Å². The molecule has 2 aromatic rings. The zero-order chi connectivity index (χ0) is 24.0.